The van der Waals surface area contributed by atoms with E-state index in [0.717, 1.165) is 53.7 Å². The summed E-state index contributed by atoms with van der Waals surface area (Å²) in [5.74, 6) is 0.665. The molecule has 1 aliphatic rings. The summed E-state index contributed by atoms with van der Waals surface area (Å²) in [5, 5.41) is 4.12. The van der Waals surface area contributed by atoms with Crippen LogP contribution in [-0.4, -0.2) is 58.6 Å². The van der Waals surface area contributed by atoms with Crippen molar-refractivity contribution in [3.05, 3.63) is 77.1 Å². The van der Waals surface area contributed by atoms with Crippen LogP contribution in [0.2, 0.25) is 0 Å². The molecule has 1 saturated heterocycles. The van der Waals surface area contributed by atoms with E-state index in [1.165, 1.54) is 11.3 Å². The molecule has 2 aromatic heterocycles. The van der Waals surface area contributed by atoms with Crippen molar-refractivity contribution in [3.63, 3.8) is 0 Å². The van der Waals surface area contributed by atoms with Crippen molar-refractivity contribution in [2.24, 2.45) is 7.05 Å². The van der Waals surface area contributed by atoms with Gasteiger partial charge in [-0.25, -0.2) is 9.97 Å². The Hall–Kier alpha value is -3.23. The van der Waals surface area contributed by atoms with Gasteiger partial charge in [0.25, 0.3) is 5.91 Å². The molecule has 0 radical (unpaired) electrons. The number of imidazole rings is 1. The van der Waals surface area contributed by atoms with Gasteiger partial charge in [0.1, 0.15) is 16.7 Å². The number of benzene rings is 2. The Balaban J connectivity index is 1.43. The van der Waals surface area contributed by atoms with Gasteiger partial charge in [-0.2, -0.15) is 0 Å². The van der Waals surface area contributed by atoms with Gasteiger partial charge in [0.05, 0.1) is 17.2 Å². The molecule has 1 unspecified atom stereocenters. The Bertz CT molecular complexity index is 1230. The highest BCUT2D eigenvalue weighted by molar-refractivity contribution is 7.17. The minimum atomic E-state index is -0.365. The van der Waals surface area contributed by atoms with Gasteiger partial charge < -0.3 is 19.7 Å². The number of carbonyl (C=O) groups excluding carboxylic acids is 1. The standard InChI is InChI=1S/C24H26N6OS/c1-28-12-14-30(15-13-28)24-25-16-20(32-24)23(31)27-21(17-8-4-3-5-9-17)22-26-18-10-6-7-11-19(18)29(22)2/h3-11,16,21H,12-15H2,1-2H3,(H,27,31). The lowest BCUT2D eigenvalue weighted by Crippen LogP contribution is -2.44. The average molecular weight is 447 g/mol. The second-order valence-electron chi connectivity index (χ2n) is 8.13. The van der Waals surface area contributed by atoms with Gasteiger partial charge in [-0.3, -0.25) is 4.79 Å². The third-order valence-electron chi connectivity index (χ3n) is 5.98. The molecule has 1 amide bonds. The van der Waals surface area contributed by atoms with Crippen LogP contribution in [0, 0.1) is 0 Å². The Morgan fingerprint density at radius 3 is 2.47 bits per heavy atom. The number of anilines is 1. The molecule has 0 bridgehead atoms. The Labute approximate surface area is 191 Å². The summed E-state index contributed by atoms with van der Waals surface area (Å²) in [6.07, 6.45) is 1.69. The molecule has 2 aromatic carbocycles. The number of carbonyl (C=O) groups is 1. The maximum Gasteiger partial charge on any atom is 0.263 e. The molecular weight excluding hydrogens is 420 g/mol. The number of hydrogen-bond acceptors (Lipinski definition) is 6. The summed E-state index contributed by atoms with van der Waals surface area (Å²) in [4.78, 5) is 27.8. The number of rotatable bonds is 5. The smallest absolute Gasteiger partial charge is 0.263 e. The molecule has 8 heteroatoms. The van der Waals surface area contributed by atoms with Crippen LogP contribution in [-0.2, 0) is 7.05 Å². The molecule has 1 N–H and O–H groups in total. The molecule has 0 saturated carbocycles. The average Bonchev–Trinajstić information content (AvgIpc) is 3.44. The fraction of sp³-hybridized carbons (Fsp3) is 0.292. The molecule has 1 fully saturated rings. The Kier molecular flexibility index (Phi) is 5.63. The summed E-state index contributed by atoms with van der Waals surface area (Å²) < 4.78 is 2.05. The summed E-state index contributed by atoms with van der Waals surface area (Å²) in [6, 6.07) is 17.6. The quantitative estimate of drug-likeness (QED) is 0.510. The number of para-hydroxylation sites is 2. The number of likely N-dealkylation sites (N-methyl/N-ethyl adjacent to an activating group) is 1. The van der Waals surface area contributed by atoms with Crippen LogP contribution < -0.4 is 10.2 Å². The summed E-state index contributed by atoms with van der Waals surface area (Å²) in [5.41, 5.74) is 2.94. The van der Waals surface area contributed by atoms with Crippen molar-refractivity contribution in [2.75, 3.05) is 38.1 Å². The molecular formula is C24H26N6OS. The number of amides is 1. The minimum absolute atomic E-state index is 0.135. The lowest BCUT2D eigenvalue weighted by molar-refractivity contribution is 0.0945. The lowest BCUT2D eigenvalue weighted by Gasteiger charge is -2.32. The monoisotopic (exact) mass is 446 g/mol. The molecule has 0 aliphatic carbocycles. The molecule has 5 rings (SSSR count). The number of nitrogens with zero attached hydrogens (tertiary/aromatic N) is 5. The molecule has 1 aliphatic heterocycles. The van der Waals surface area contributed by atoms with Crippen LogP contribution in [0.15, 0.2) is 60.8 Å². The number of piperazine rings is 1. The van der Waals surface area contributed by atoms with Gasteiger partial charge in [-0.05, 0) is 24.7 Å². The van der Waals surface area contributed by atoms with E-state index >= 15 is 0 Å². The van der Waals surface area contributed by atoms with E-state index in [4.69, 9.17) is 4.98 Å². The first kappa shape index (κ1) is 20.7. The maximum atomic E-state index is 13.3. The number of aromatic nitrogens is 3. The van der Waals surface area contributed by atoms with Crippen molar-refractivity contribution < 1.29 is 4.79 Å². The van der Waals surface area contributed by atoms with E-state index in [2.05, 4.69) is 31.7 Å². The van der Waals surface area contributed by atoms with Crippen molar-refractivity contribution in [3.8, 4) is 0 Å². The van der Waals surface area contributed by atoms with E-state index in [0.29, 0.717) is 4.88 Å². The number of thiazole rings is 1. The zero-order valence-electron chi connectivity index (χ0n) is 18.2. The summed E-state index contributed by atoms with van der Waals surface area (Å²) in [6.45, 7) is 3.86. The van der Waals surface area contributed by atoms with Gasteiger partial charge in [0.2, 0.25) is 0 Å². The molecule has 7 nitrogen and oxygen atoms in total. The zero-order valence-corrected chi connectivity index (χ0v) is 19.0. The van der Waals surface area contributed by atoms with Crippen LogP contribution in [0.5, 0.6) is 0 Å². The fourth-order valence-electron chi connectivity index (χ4n) is 4.08. The third kappa shape index (κ3) is 3.99. The summed E-state index contributed by atoms with van der Waals surface area (Å²) >= 11 is 1.45. The summed E-state index contributed by atoms with van der Waals surface area (Å²) in [7, 11) is 4.12. The topological polar surface area (TPSA) is 66.3 Å². The molecule has 164 valence electrons. The van der Waals surface area contributed by atoms with E-state index in [1.807, 2.05) is 61.6 Å². The largest absolute Gasteiger partial charge is 0.346 e. The normalized spacial score (nSPS) is 15.8. The maximum absolute atomic E-state index is 13.3. The van der Waals surface area contributed by atoms with Crippen LogP contribution >= 0.6 is 11.3 Å². The number of nitrogens with one attached hydrogen (secondary N) is 1. The van der Waals surface area contributed by atoms with Crippen molar-refractivity contribution in [1.82, 2.24) is 24.8 Å². The van der Waals surface area contributed by atoms with E-state index < -0.39 is 0 Å². The minimum Gasteiger partial charge on any atom is -0.346 e. The zero-order chi connectivity index (χ0) is 22.1. The molecule has 1 atom stereocenters. The van der Waals surface area contributed by atoms with Crippen molar-refractivity contribution >= 4 is 33.4 Å². The van der Waals surface area contributed by atoms with E-state index in [9.17, 15) is 4.79 Å². The first-order chi connectivity index (χ1) is 15.6. The van der Waals surface area contributed by atoms with Gasteiger partial charge in [0.15, 0.2) is 5.13 Å². The van der Waals surface area contributed by atoms with E-state index in [1.54, 1.807) is 6.20 Å². The van der Waals surface area contributed by atoms with E-state index in [-0.39, 0.29) is 11.9 Å². The number of aryl methyl sites for hydroxylation is 1. The molecule has 0 spiro atoms. The molecule has 32 heavy (non-hydrogen) atoms. The molecule has 3 heterocycles. The van der Waals surface area contributed by atoms with Gasteiger partial charge >= 0.3 is 0 Å². The second kappa shape index (κ2) is 8.72. The van der Waals surface area contributed by atoms with Crippen LogP contribution in [0.4, 0.5) is 5.13 Å². The van der Waals surface area contributed by atoms with Crippen LogP contribution in [0.3, 0.4) is 0 Å². The molecule has 4 aromatic rings. The predicted octanol–water partition coefficient (Wildman–Crippen LogP) is 3.30. The Morgan fingerprint density at radius 1 is 1.00 bits per heavy atom. The predicted molar refractivity (Wildman–Crippen MR) is 128 cm³/mol. The number of hydrogen-bond donors (Lipinski definition) is 1. The fourth-order valence-corrected chi connectivity index (χ4v) is 4.95. The van der Waals surface area contributed by atoms with Crippen molar-refractivity contribution in [2.45, 2.75) is 6.04 Å². The van der Waals surface area contributed by atoms with Gasteiger partial charge in [0, 0.05) is 33.2 Å². The van der Waals surface area contributed by atoms with Gasteiger partial charge in [-0.15, -0.1) is 0 Å². The highest BCUT2D eigenvalue weighted by atomic mass is 32.1. The second-order valence-corrected chi connectivity index (χ2v) is 9.14. The lowest BCUT2D eigenvalue weighted by atomic mass is 10.1. The van der Waals surface area contributed by atoms with Crippen LogP contribution in [0.1, 0.15) is 27.1 Å². The Morgan fingerprint density at radius 2 is 1.72 bits per heavy atom. The highest BCUT2D eigenvalue weighted by Crippen LogP contribution is 2.27. The SMILES string of the molecule is CN1CCN(c2ncc(C(=O)NC(c3ccccc3)c3nc4ccccc4n3C)s2)CC1. The number of fused-ring (bicyclic) bond motifs is 1. The van der Waals surface area contributed by atoms with Crippen LogP contribution in [0.25, 0.3) is 11.0 Å². The van der Waals surface area contributed by atoms with Gasteiger partial charge in [-0.1, -0.05) is 53.8 Å². The first-order valence-corrected chi connectivity index (χ1v) is 11.6. The van der Waals surface area contributed by atoms with Crippen molar-refractivity contribution in [1.29, 1.82) is 0 Å². The third-order valence-corrected chi connectivity index (χ3v) is 7.04. The first-order valence-electron chi connectivity index (χ1n) is 10.8. The highest BCUT2D eigenvalue weighted by Gasteiger charge is 2.25.